The Bertz CT molecular complexity index is 6590. The van der Waals surface area contributed by atoms with Gasteiger partial charge in [0.05, 0.1) is 0 Å². The van der Waals surface area contributed by atoms with Gasteiger partial charge in [-0.1, -0.05) is 189 Å². The van der Waals surface area contributed by atoms with Crippen LogP contribution < -0.4 is 0 Å². The Balaban J connectivity index is 0.00000165. The summed E-state index contributed by atoms with van der Waals surface area (Å²) >= 11 is 64.4. The predicted molar refractivity (Wildman–Crippen MR) is 666 cm³/mol. The van der Waals surface area contributed by atoms with Crippen LogP contribution in [0.1, 0.15) is 297 Å². The number of allylic oxidation sites excluding steroid dienone is 18. The number of unbranched alkanes of at least 4 members (excludes halogenated alkanes) is 2. The molecule has 0 heterocycles. The van der Waals surface area contributed by atoms with Gasteiger partial charge >= 0.3 is 0 Å². The Kier molecular flexibility index (Phi) is 67.3. The molecule has 0 unspecified atom stereocenters. The van der Waals surface area contributed by atoms with Gasteiger partial charge in [0, 0.05) is 169 Å². The fraction of sp³-hybridized carbons (Fsp3) is 0.175. The molecular weight excluding hydrogens is 2130 g/mol. The van der Waals surface area contributed by atoms with Gasteiger partial charge in [-0.15, -0.1) is 189 Å². The number of carbonyl (C=O) groups excluding carboxylic acids is 13. The molecule has 0 saturated heterocycles. The minimum atomic E-state index is -0.172. The molecule has 0 amide bonds. The fourth-order valence-electron chi connectivity index (χ4n) is 12.7. The molecule has 0 aliphatic carbocycles. The highest BCUT2D eigenvalue weighted by molar-refractivity contribution is 7.83. The van der Waals surface area contributed by atoms with Gasteiger partial charge in [0.15, 0.2) is 77.2 Å². The SMILES string of the molecule is C.C.C/C=C/C=C/c1c(S)cc(C(C)=O)cc1S.C=C/C=C/C=C/C(=O)c1ccc(S)c(C=O)c1.C=C/C=C/C=C/c1c(S)c(C(C)=O)cc(C(C)=O)c1S.C=Cc1cc(C(=O)/C=C/C=C/C=C/C)cc(C=O)c1S.C=Cc1cc(C=O)c(S)c(C)c1S.CC(=O)c1c(C)c(C)c(S)c(C)c1S.CCCCCC(=O)c1ccc(S)c(C(C)=O)c1.Cc1c(C)c(C=O)c(S)c(C)c1S.O=C(c1ccc(S)cc1)c1ccc(S)cc1. The molecule has 0 fully saturated rings. The summed E-state index contributed by atoms with van der Waals surface area (Å²) in [7, 11) is 0. The van der Waals surface area contributed by atoms with Crippen LogP contribution in [-0.4, -0.2) is 77.2 Å². The van der Waals surface area contributed by atoms with Crippen LogP contribution in [0.25, 0.3) is 24.3 Å². The quantitative estimate of drug-likeness (QED) is 0.00486. The van der Waals surface area contributed by atoms with Crippen molar-refractivity contribution in [2.75, 3.05) is 0 Å². The van der Waals surface area contributed by atoms with Crippen molar-refractivity contribution in [2.24, 2.45) is 0 Å². The van der Waals surface area contributed by atoms with Gasteiger partial charge in [-0.05, 0) is 281 Å². The second-order valence-corrected chi connectivity index (χ2v) is 38.6. The van der Waals surface area contributed by atoms with Crippen molar-refractivity contribution in [1.29, 1.82) is 0 Å². The predicted octanol–water partition coefficient (Wildman–Crippen LogP) is 34.2. The molecule has 0 bridgehead atoms. The smallest absolute Gasteiger partial charge is 0.193 e. The van der Waals surface area contributed by atoms with Crippen molar-refractivity contribution in [3.8, 4) is 0 Å². The molecule has 10 aromatic carbocycles. The molecule has 10 rings (SSSR count). The van der Waals surface area contributed by atoms with Crippen LogP contribution in [0.2, 0.25) is 0 Å². The number of hydrogen-bond acceptors (Lipinski definition) is 28. The Labute approximate surface area is 957 Å². The third kappa shape index (κ3) is 44.0. The maximum atomic E-state index is 12.0. The van der Waals surface area contributed by atoms with E-state index in [-0.39, 0.29) is 66.9 Å². The highest BCUT2D eigenvalue weighted by Crippen LogP contribution is 2.37. The molecule has 0 aliphatic heterocycles. The molecule has 0 atom stereocenters. The Morgan fingerprint density at radius 1 is 0.291 bits per heavy atom. The van der Waals surface area contributed by atoms with Gasteiger partial charge in [-0.3, -0.25) is 62.3 Å². The average Bonchev–Trinajstić information content (AvgIpc) is 0.799. The molecule has 148 heavy (non-hydrogen) atoms. The second kappa shape index (κ2) is 72.3. The van der Waals surface area contributed by atoms with Gasteiger partial charge < -0.3 is 0 Å². The molecule has 0 saturated carbocycles. The summed E-state index contributed by atoms with van der Waals surface area (Å²) in [4.78, 5) is 159. The number of aldehydes is 4. The minimum Gasteiger partial charge on any atom is -0.298 e. The number of Topliss-reactive ketones (excluding diaryl/α,β-unsaturated/α-hetero) is 6. The fourth-order valence-corrected chi connectivity index (χ4v) is 17.5. The van der Waals surface area contributed by atoms with E-state index in [0.29, 0.717) is 132 Å². The van der Waals surface area contributed by atoms with E-state index in [9.17, 15) is 62.3 Å². The second-order valence-electron chi connectivity index (χ2n) is 31.6. The first kappa shape index (κ1) is 138. The zero-order chi connectivity index (χ0) is 111. The highest BCUT2D eigenvalue weighted by Gasteiger charge is 2.21. The molecule has 0 N–H and O–H groups in total. The topological polar surface area (TPSA) is 222 Å². The summed E-state index contributed by atoms with van der Waals surface area (Å²) in [6.45, 7) is 41.4. The maximum Gasteiger partial charge on any atom is 0.193 e. The van der Waals surface area contributed by atoms with Crippen LogP contribution in [0.5, 0.6) is 0 Å². The molecule has 10 aromatic rings. The van der Waals surface area contributed by atoms with Gasteiger partial charge in [0.2, 0.25) is 0 Å². The van der Waals surface area contributed by atoms with E-state index in [0.717, 1.165) is 132 Å². The zero-order valence-corrected chi connectivity index (χ0v) is 97.1. The lowest BCUT2D eigenvalue weighted by Gasteiger charge is -2.15. The minimum absolute atomic E-state index is 0. The number of rotatable bonds is 31. The maximum absolute atomic E-state index is 12.0. The zero-order valence-electron chi connectivity index (χ0n) is 83.7. The monoisotopic (exact) mass is 2260 g/mol. The van der Waals surface area contributed by atoms with Crippen LogP contribution in [0, 0.1) is 48.5 Å². The summed E-state index contributed by atoms with van der Waals surface area (Å²) < 4.78 is 0. The summed E-state index contributed by atoms with van der Waals surface area (Å²) in [6.07, 6.45) is 44.9. The number of carbonyl (C=O) groups is 13. The largest absolute Gasteiger partial charge is 0.298 e. The lowest BCUT2D eigenvalue weighted by Crippen LogP contribution is -2.04. The van der Waals surface area contributed by atoms with Crippen molar-refractivity contribution in [1.82, 2.24) is 0 Å². The van der Waals surface area contributed by atoms with E-state index in [2.05, 4.69) is 223 Å². The van der Waals surface area contributed by atoms with Gasteiger partial charge in [0.1, 0.15) is 0 Å². The summed E-state index contributed by atoms with van der Waals surface area (Å²) in [5, 5.41) is 0. The van der Waals surface area contributed by atoms with Crippen LogP contribution in [-0.2, 0) is 0 Å². The van der Waals surface area contributed by atoms with Gasteiger partial charge in [-0.2, -0.15) is 0 Å². The van der Waals surface area contributed by atoms with E-state index < -0.39 is 0 Å². The lowest BCUT2D eigenvalue weighted by atomic mass is 9.97. The first-order valence-electron chi connectivity index (χ1n) is 44.8. The standard InChI is InChI=1S/C17H16O2S.C16H16O2S2.C14H18O2S.C14H12O2S.C13H10OS2.C13H14OS2.C11H14OS2.C10H12OS2.C10H10OS2.2CH4/c1-3-5-6-7-8-9-16(19)14-10-13(4-2)17(20)15(11-14)12-18;1-4-5-6-7-8-12-15(19)13(10(2)17)9-14(11(3)18)16(12)20;1-3-4-5-6-13(16)11-7-8-14(17)12(9-11)10(2)15;1-2-3-4-5-6-13(16)11-7-8-14(17)12(9-11)10-15;14-13(9-1-5-11(15)6-2-9)10-3-7-12(16)8-4-10;1-3-4-5-6-11-12(15)7-10(9(2)14)8-13(11)16;1-5-6(2)10(13)7(3)11(14)9(5)8(4)12;1-5-6(2)9(12)7(3)10(13)8(5)4-11;1-3-7-4-8(5-11)10(13)6(2)9(7)12;;/h3-12,20H,2H2,1H3;4-9,19-20H,1H2,2-3H3;7-9,17H,3-6H2,1-2H3;2-10,17H,1H2;1-8,15-16H;3-8,15-16H,1-2H3;13-14H,1-4H3;4,12-13H,1-3H3;3-5,12-13H,1H2,2H3;2*1H4/b5-3+,7-6+,9-8+;6-5+,8-7+;;4-3+,6-5+;;4-3+,6-5+;;;;;. The Morgan fingerprint density at radius 3 is 1.14 bits per heavy atom. The van der Waals surface area contributed by atoms with E-state index >= 15 is 0 Å². The van der Waals surface area contributed by atoms with E-state index in [1.807, 2.05) is 129 Å². The molecule has 778 valence electrons. The number of benzene rings is 10. The first-order chi connectivity index (χ1) is 69.0. The summed E-state index contributed by atoms with van der Waals surface area (Å²) in [5.41, 5.74) is 17.7. The highest BCUT2D eigenvalue weighted by atomic mass is 32.1. The molecular formula is C120H130O13S15. The lowest BCUT2D eigenvalue weighted by molar-refractivity contribution is 0.0973. The first-order valence-corrected chi connectivity index (χ1v) is 51.5. The number of ketones is 9. The van der Waals surface area contributed by atoms with Crippen LogP contribution >= 0.6 is 189 Å². The Hall–Kier alpha value is -10.2. The van der Waals surface area contributed by atoms with E-state index in [1.54, 1.807) is 171 Å². The van der Waals surface area contributed by atoms with E-state index in [1.165, 1.54) is 52.0 Å². The van der Waals surface area contributed by atoms with Crippen LogP contribution in [0.4, 0.5) is 0 Å². The van der Waals surface area contributed by atoms with Gasteiger partial charge in [-0.25, -0.2) is 0 Å². The molecule has 0 radical (unpaired) electrons. The third-order valence-electron chi connectivity index (χ3n) is 21.3. The number of thiol groups is 15. The van der Waals surface area contributed by atoms with Crippen molar-refractivity contribution >= 4 is 291 Å². The molecule has 13 nitrogen and oxygen atoms in total. The Morgan fingerprint density at radius 2 is 0.682 bits per heavy atom. The average molecular weight is 2260 g/mol. The molecule has 0 spiro atoms. The number of hydrogen-bond donors (Lipinski definition) is 15. The van der Waals surface area contributed by atoms with Crippen LogP contribution in [0.3, 0.4) is 0 Å². The van der Waals surface area contributed by atoms with E-state index in [4.69, 9.17) is 0 Å². The van der Waals surface area contributed by atoms with Crippen molar-refractivity contribution in [3.63, 3.8) is 0 Å². The van der Waals surface area contributed by atoms with Crippen molar-refractivity contribution in [3.05, 3.63) is 396 Å². The molecule has 28 heteroatoms. The van der Waals surface area contributed by atoms with Crippen LogP contribution in [0.15, 0.2) is 330 Å². The van der Waals surface area contributed by atoms with Crippen molar-refractivity contribution in [2.45, 2.75) is 218 Å². The molecule has 0 aromatic heterocycles. The van der Waals surface area contributed by atoms with Crippen molar-refractivity contribution < 1.29 is 62.3 Å². The molecule has 0 aliphatic rings. The summed E-state index contributed by atoms with van der Waals surface area (Å²) in [6, 6.07) is 34.3. The normalized spacial score (nSPS) is 10.6. The summed E-state index contributed by atoms with van der Waals surface area (Å²) in [5.74, 6) is -0.454. The third-order valence-corrected chi connectivity index (χ3v) is 28.6. The van der Waals surface area contributed by atoms with Gasteiger partial charge in [0.25, 0.3) is 0 Å².